The van der Waals surface area contributed by atoms with Crippen molar-refractivity contribution in [2.24, 2.45) is 5.92 Å². The van der Waals surface area contributed by atoms with Crippen LogP contribution in [-0.4, -0.2) is 27.2 Å². The molecule has 184 valence electrons. The molecule has 1 unspecified atom stereocenters. The predicted octanol–water partition coefficient (Wildman–Crippen LogP) is 5.72. The summed E-state index contributed by atoms with van der Waals surface area (Å²) >= 11 is 0. The van der Waals surface area contributed by atoms with Crippen LogP contribution in [0.25, 0.3) is 11.4 Å². The molecule has 1 aromatic heterocycles. The van der Waals surface area contributed by atoms with E-state index in [2.05, 4.69) is 51.3 Å². The van der Waals surface area contributed by atoms with E-state index in [4.69, 9.17) is 0 Å². The van der Waals surface area contributed by atoms with E-state index in [0.29, 0.717) is 12.5 Å². The molecule has 4 aromatic rings. The highest BCUT2D eigenvalue weighted by molar-refractivity contribution is 5.84. The van der Waals surface area contributed by atoms with Gasteiger partial charge in [0, 0.05) is 24.5 Å². The van der Waals surface area contributed by atoms with Gasteiger partial charge in [-0.2, -0.15) is 0 Å². The van der Waals surface area contributed by atoms with Gasteiger partial charge < -0.3 is 15.0 Å². The lowest BCUT2D eigenvalue weighted by Gasteiger charge is -2.26. The maximum Gasteiger partial charge on any atom is 0.228 e. The Balaban J connectivity index is 1.35. The molecule has 1 amide bonds. The lowest BCUT2D eigenvalue weighted by atomic mass is 9.83. The van der Waals surface area contributed by atoms with E-state index in [1.807, 2.05) is 60.9 Å². The highest BCUT2D eigenvalue weighted by atomic mass is 16.3. The summed E-state index contributed by atoms with van der Waals surface area (Å²) in [5.41, 5.74) is 4.22. The van der Waals surface area contributed by atoms with Crippen LogP contribution >= 0.6 is 0 Å². The maximum absolute atomic E-state index is 13.6. The lowest BCUT2D eigenvalue weighted by Crippen LogP contribution is -2.37. The zero-order chi connectivity index (χ0) is 24.7. The number of hydrogen-bond acceptors (Lipinski definition) is 3. The Labute approximate surface area is 212 Å². The first-order valence-electron chi connectivity index (χ1n) is 12.8. The molecule has 0 radical (unpaired) electrons. The average molecular weight is 480 g/mol. The fourth-order valence-electron chi connectivity index (χ4n) is 5.42. The number of amides is 1. The Morgan fingerprint density at radius 2 is 1.58 bits per heavy atom. The van der Waals surface area contributed by atoms with Crippen LogP contribution < -0.4 is 5.32 Å². The van der Waals surface area contributed by atoms with Crippen molar-refractivity contribution in [1.29, 1.82) is 0 Å². The fraction of sp³-hybridized carbons (Fsp3) is 0.290. The molecular formula is C31H33N3O2. The van der Waals surface area contributed by atoms with Gasteiger partial charge in [0.25, 0.3) is 0 Å². The van der Waals surface area contributed by atoms with Gasteiger partial charge in [0.05, 0.1) is 18.6 Å². The second-order valence-electron chi connectivity index (χ2n) is 9.66. The molecule has 36 heavy (non-hydrogen) atoms. The zero-order valence-corrected chi connectivity index (χ0v) is 20.5. The van der Waals surface area contributed by atoms with Crippen LogP contribution in [0.2, 0.25) is 0 Å². The first kappa shape index (κ1) is 24.0. The molecule has 2 N–H and O–H groups in total. The highest BCUT2D eigenvalue weighted by Crippen LogP contribution is 2.38. The molecule has 1 fully saturated rings. The van der Waals surface area contributed by atoms with E-state index in [9.17, 15) is 9.90 Å². The molecule has 1 aliphatic rings. The van der Waals surface area contributed by atoms with Gasteiger partial charge in [-0.25, -0.2) is 4.98 Å². The molecule has 0 spiro atoms. The summed E-state index contributed by atoms with van der Waals surface area (Å²) in [5.74, 6) is 1.05. The predicted molar refractivity (Wildman–Crippen MR) is 142 cm³/mol. The second-order valence-corrected chi connectivity index (χ2v) is 9.66. The molecule has 0 saturated heterocycles. The average Bonchev–Trinajstić information content (AvgIpc) is 3.62. The largest absolute Gasteiger partial charge is 0.394 e. The summed E-state index contributed by atoms with van der Waals surface area (Å²) in [5, 5.41) is 13.1. The number of benzene rings is 3. The molecule has 5 rings (SSSR count). The summed E-state index contributed by atoms with van der Waals surface area (Å²) < 4.78 is 2.15. The number of aromatic nitrogens is 2. The topological polar surface area (TPSA) is 67.2 Å². The standard InChI is InChI=1S/C31H33N3O2/c35-22-28(24-9-3-1-4-10-24)33-31(36)29(25-11-7-8-12-25)26-17-15-23(16-18-26)21-34-20-19-32-30(34)27-13-5-2-6-14-27/h1-6,9-10,13-20,25,28-29,35H,7-8,11-12,21-22H2,(H,33,36)/t28-,29?/m0/s1. The van der Waals surface area contributed by atoms with Gasteiger partial charge in [-0.05, 0) is 35.4 Å². The van der Waals surface area contributed by atoms with E-state index >= 15 is 0 Å². The molecule has 2 atom stereocenters. The van der Waals surface area contributed by atoms with Gasteiger partial charge in [-0.3, -0.25) is 4.79 Å². The van der Waals surface area contributed by atoms with Crippen molar-refractivity contribution in [3.63, 3.8) is 0 Å². The number of imidazole rings is 1. The van der Waals surface area contributed by atoms with Crippen LogP contribution in [0, 0.1) is 5.92 Å². The lowest BCUT2D eigenvalue weighted by molar-refractivity contribution is -0.124. The number of nitrogens with zero attached hydrogens (tertiary/aromatic N) is 2. The van der Waals surface area contributed by atoms with Gasteiger partial charge in [0.1, 0.15) is 5.82 Å². The third kappa shape index (κ3) is 5.42. The van der Waals surface area contributed by atoms with Crippen molar-refractivity contribution < 1.29 is 9.90 Å². The minimum Gasteiger partial charge on any atom is -0.394 e. The minimum absolute atomic E-state index is 0.00136. The molecule has 5 heteroatoms. The number of rotatable bonds is 9. The fourth-order valence-corrected chi connectivity index (χ4v) is 5.42. The molecule has 1 heterocycles. The number of nitrogens with one attached hydrogen (secondary N) is 1. The Hall–Kier alpha value is -3.70. The monoisotopic (exact) mass is 479 g/mol. The maximum atomic E-state index is 13.6. The summed E-state index contributed by atoms with van der Waals surface area (Å²) in [7, 11) is 0. The molecule has 0 bridgehead atoms. The van der Waals surface area contributed by atoms with Crippen molar-refractivity contribution in [1.82, 2.24) is 14.9 Å². The van der Waals surface area contributed by atoms with Crippen molar-refractivity contribution >= 4 is 5.91 Å². The number of hydrogen-bond donors (Lipinski definition) is 2. The SMILES string of the molecule is O=C(N[C@@H](CO)c1ccccc1)C(c1ccc(Cn2ccnc2-c2ccccc2)cc1)C1CCCC1. The Morgan fingerprint density at radius 1 is 0.917 bits per heavy atom. The van der Waals surface area contributed by atoms with Crippen molar-refractivity contribution in [3.05, 3.63) is 114 Å². The van der Waals surface area contributed by atoms with Gasteiger partial charge in [-0.1, -0.05) is 97.8 Å². The van der Waals surface area contributed by atoms with Gasteiger partial charge in [-0.15, -0.1) is 0 Å². The first-order valence-corrected chi connectivity index (χ1v) is 12.8. The third-order valence-electron chi connectivity index (χ3n) is 7.29. The number of aliphatic hydroxyl groups is 1. The highest BCUT2D eigenvalue weighted by Gasteiger charge is 2.33. The van der Waals surface area contributed by atoms with Crippen LogP contribution in [0.1, 0.15) is 54.3 Å². The number of carbonyl (C=O) groups is 1. The quantitative estimate of drug-likeness (QED) is 0.323. The van der Waals surface area contributed by atoms with Crippen LogP contribution in [0.15, 0.2) is 97.3 Å². The normalized spacial score (nSPS) is 15.5. The van der Waals surface area contributed by atoms with Gasteiger partial charge in [0.15, 0.2) is 0 Å². The zero-order valence-electron chi connectivity index (χ0n) is 20.5. The molecule has 0 aliphatic heterocycles. The van der Waals surface area contributed by atoms with Crippen molar-refractivity contribution in [2.45, 2.75) is 44.2 Å². The second kappa shape index (κ2) is 11.4. The molecule has 1 aliphatic carbocycles. The molecule has 3 aromatic carbocycles. The van der Waals surface area contributed by atoms with E-state index in [1.165, 1.54) is 0 Å². The summed E-state index contributed by atoms with van der Waals surface area (Å²) in [6.07, 6.45) is 8.29. The molecular weight excluding hydrogens is 446 g/mol. The smallest absolute Gasteiger partial charge is 0.228 e. The van der Waals surface area contributed by atoms with Crippen LogP contribution in [0.3, 0.4) is 0 Å². The van der Waals surface area contributed by atoms with Crippen LogP contribution in [0.4, 0.5) is 0 Å². The van der Waals surface area contributed by atoms with E-state index in [0.717, 1.165) is 53.8 Å². The summed E-state index contributed by atoms with van der Waals surface area (Å²) in [6.45, 7) is 0.589. The molecule has 5 nitrogen and oxygen atoms in total. The van der Waals surface area contributed by atoms with Gasteiger partial charge in [0.2, 0.25) is 5.91 Å². The molecule has 1 saturated carbocycles. The van der Waals surface area contributed by atoms with Crippen LogP contribution in [-0.2, 0) is 11.3 Å². The number of aliphatic hydroxyl groups excluding tert-OH is 1. The Kier molecular flexibility index (Phi) is 7.58. The van der Waals surface area contributed by atoms with Crippen molar-refractivity contribution in [2.75, 3.05) is 6.61 Å². The van der Waals surface area contributed by atoms with Crippen LogP contribution in [0.5, 0.6) is 0 Å². The first-order chi connectivity index (χ1) is 17.7. The van der Waals surface area contributed by atoms with Gasteiger partial charge >= 0.3 is 0 Å². The van der Waals surface area contributed by atoms with E-state index in [1.54, 1.807) is 0 Å². The minimum atomic E-state index is -0.403. The third-order valence-corrected chi connectivity index (χ3v) is 7.29. The summed E-state index contributed by atoms with van der Waals surface area (Å²) in [6, 6.07) is 27.9. The Morgan fingerprint density at radius 3 is 2.25 bits per heavy atom. The number of carbonyl (C=O) groups excluding carboxylic acids is 1. The van der Waals surface area contributed by atoms with Crippen molar-refractivity contribution in [3.8, 4) is 11.4 Å². The Bertz CT molecular complexity index is 1250. The van der Waals surface area contributed by atoms with E-state index < -0.39 is 6.04 Å². The summed E-state index contributed by atoms with van der Waals surface area (Å²) in [4.78, 5) is 18.1. The van der Waals surface area contributed by atoms with E-state index in [-0.39, 0.29) is 18.4 Å².